The van der Waals surface area contributed by atoms with Crippen molar-refractivity contribution in [3.05, 3.63) is 54.1 Å². The van der Waals surface area contributed by atoms with E-state index in [0.717, 1.165) is 5.56 Å². The Morgan fingerprint density at radius 3 is 2.42 bits per heavy atom. The van der Waals surface area contributed by atoms with E-state index in [2.05, 4.69) is 10.0 Å². The van der Waals surface area contributed by atoms with Gasteiger partial charge in [-0.1, -0.05) is 23.8 Å². The van der Waals surface area contributed by atoms with Crippen LogP contribution in [0.25, 0.3) is 0 Å². The molecule has 0 spiro atoms. The molecule has 0 bridgehead atoms. The summed E-state index contributed by atoms with van der Waals surface area (Å²) in [5.41, 5.74) is 1.48. The van der Waals surface area contributed by atoms with E-state index in [1.54, 1.807) is 36.4 Å². The zero-order chi connectivity index (χ0) is 17.7. The van der Waals surface area contributed by atoms with Crippen molar-refractivity contribution >= 4 is 21.6 Å². The Balaban J connectivity index is 2.06. The summed E-state index contributed by atoms with van der Waals surface area (Å²) in [4.78, 5) is 12.3. The number of hydrogen-bond acceptors (Lipinski definition) is 4. The Bertz CT molecular complexity index is 817. The lowest BCUT2D eigenvalue weighted by Gasteiger charge is -2.15. The van der Waals surface area contributed by atoms with Gasteiger partial charge < -0.3 is 10.1 Å². The van der Waals surface area contributed by atoms with Crippen LogP contribution in [0.5, 0.6) is 5.75 Å². The first kappa shape index (κ1) is 18.0. The molecule has 0 radical (unpaired) electrons. The van der Waals surface area contributed by atoms with Crippen LogP contribution in [0, 0.1) is 6.92 Å². The molecule has 2 aromatic carbocycles. The van der Waals surface area contributed by atoms with E-state index in [4.69, 9.17) is 4.74 Å². The van der Waals surface area contributed by atoms with E-state index >= 15 is 0 Å². The molecule has 0 saturated heterocycles. The minimum Gasteiger partial charge on any atom is -0.497 e. The third-order valence-electron chi connectivity index (χ3n) is 3.39. The van der Waals surface area contributed by atoms with Gasteiger partial charge in [0.25, 0.3) is 0 Å². The Morgan fingerprint density at radius 2 is 1.79 bits per heavy atom. The maximum Gasteiger partial charge on any atom is 0.242 e. The van der Waals surface area contributed by atoms with Crippen LogP contribution < -0.4 is 14.8 Å². The highest BCUT2D eigenvalue weighted by molar-refractivity contribution is 7.89. The molecule has 7 heteroatoms. The average molecular weight is 348 g/mol. The van der Waals surface area contributed by atoms with Crippen molar-refractivity contribution < 1.29 is 17.9 Å². The lowest BCUT2D eigenvalue weighted by molar-refractivity contribution is -0.117. The zero-order valence-corrected chi connectivity index (χ0v) is 14.6. The molecule has 1 amide bonds. The van der Waals surface area contributed by atoms with Gasteiger partial charge in [0.05, 0.1) is 18.0 Å². The van der Waals surface area contributed by atoms with Crippen molar-refractivity contribution in [1.82, 2.24) is 4.72 Å². The van der Waals surface area contributed by atoms with Gasteiger partial charge in [0.1, 0.15) is 5.75 Å². The van der Waals surface area contributed by atoms with Gasteiger partial charge in [-0.3, -0.25) is 4.79 Å². The molecule has 2 N–H and O–H groups in total. The van der Waals surface area contributed by atoms with Crippen LogP contribution in [0.3, 0.4) is 0 Å². The summed E-state index contributed by atoms with van der Waals surface area (Å²) >= 11 is 0. The van der Waals surface area contributed by atoms with Gasteiger partial charge >= 0.3 is 0 Å². The summed E-state index contributed by atoms with van der Waals surface area (Å²) in [6.45, 7) is 3.36. The number of rotatable bonds is 6. The van der Waals surface area contributed by atoms with Gasteiger partial charge in [0.2, 0.25) is 15.9 Å². The minimum atomic E-state index is -3.76. The summed E-state index contributed by atoms with van der Waals surface area (Å²) in [6.07, 6.45) is 0. The third-order valence-corrected chi connectivity index (χ3v) is 4.95. The van der Waals surface area contributed by atoms with Crippen molar-refractivity contribution in [2.75, 3.05) is 12.4 Å². The number of methoxy groups -OCH3 is 1. The zero-order valence-electron chi connectivity index (χ0n) is 13.7. The molecule has 6 nitrogen and oxygen atoms in total. The second-order valence-corrected chi connectivity index (χ2v) is 7.09. The number of carbonyl (C=O) groups is 1. The highest BCUT2D eigenvalue weighted by atomic mass is 32.2. The first-order valence-corrected chi connectivity index (χ1v) is 8.84. The molecule has 0 fully saturated rings. The number of aryl methyl sites for hydroxylation is 1. The van der Waals surface area contributed by atoms with E-state index in [1.807, 2.05) is 6.92 Å². The largest absolute Gasteiger partial charge is 0.497 e. The number of hydrogen-bond donors (Lipinski definition) is 2. The fraction of sp³-hybridized carbons (Fsp3) is 0.235. The van der Waals surface area contributed by atoms with Crippen LogP contribution >= 0.6 is 0 Å². The Labute approximate surface area is 141 Å². The number of sulfonamides is 1. The highest BCUT2D eigenvalue weighted by Crippen LogP contribution is 2.17. The average Bonchev–Trinajstić information content (AvgIpc) is 2.55. The number of anilines is 1. The summed E-state index contributed by atoms with van der Waals surface area (Å²) in [7, 11) is -2.23. The van der Waals surface area contributed by atoms with E-state index in [1.165, 1.54) is 26.2 Å². The summed E-state index contributed by atoms with van der Waals surface area (Å²) in [5, 5.41) is 2.65. The van der Waals surface area contributed by atoms with Crippen LogP contribution in [0.4, 0.5) is 5.69 Å². The van der Waals surface area contributed by atoms with Crippen molar-refractivity contribution in [2.24, 2.45) is 0 Å². The van der Waals surface area contributed by atoms with E-state index in [-0.39, 0.29) is 4.90 Å². The molecule has 0 unspecified atom stereocenters. The van der Waals surface area contributed by atoms with E-state index < -0.39 is 22.0 Å². The number of ether oxygens (including phenoxy) is 1. The second-order valence-electron chi connectivity index (χ2n) is 5.38. The maximum absolute atomic E-state index is 12.3. The van der Waals surface area contributed by atoms with Gasteiger partial charge in [-0.15, -0.1) is 0 Å². The quantitative estimate of drug-likeness (QED) is 0.839. The summed E-state index contributed by atoms with van der Waals surface area (Å²) < 4.78 is 32.1. The van der Waals surface area contributed by atoms with Crippen molar-refractivity contribution in [1.29, 1.82) is 0 Å². The summed E-state index contributed by atoms with van der Waals surface area (Å²) in [5.74, 6) is 0.139. The topological polar surface area (TPSA) is 84.5 Å². The molecule has 2 rings (SSSR count). The highest BCUT2D eigenvalue weighted by Gasteiger charge is 2.22. The summed E-state index contributed by atoms with van der Waals surface area (Å²) in [6, 6.07) is 12.3. The van der Waals surface area contributed by atoms with Crippen molar-refractivity contribution in [3.63, 3.8) is 0 Å². The Morgan fingerprint density at radius 1 is 1.12 bits per heavy atom. The molecule has 0 aliphatic rings. The smallest absolute Gasteiger partial charge is 0.242 e. The Kier molecular flexibility index (Phi) is 5.58. The fourth-order valence-corrected chi connectivity index (χ4v) is 3.23. The van der Waals surface area contributed by atoms with Gasteiger partial charge in [-0.25, -0.2) is 8.42 Å². The number of carbonyl (C=O) groups excluding carboxylic acids is 1. The first-order valence-electron chi connectivity index (χ1n) is 7.36. The molecule has 2 aromatic rings. The number of benzene rings is 2. The first-order chi connectivity index (χ1) is 11.3. The standard InChI is InChI=1S/C17H20N2O4S/c1-12-7-9-16(10-8-12)24(21,22)19-13(2)17(20)18-14-5-4-6-15(11-14)23-3/h4-11,13,19H,1-3H3,(H,18,20)/t13-/m1/s1. The second kappa shape index (κ2) is 7.46. The molecule has 0 aliphatic carbocycles. The van der Waals surface area contributed by atoms with Gasteiger partial charge in [0.15, 0.2) is 0 Å². The van der Waals surface area contributed by atoms with Crippen LogP contribution in [0.2, 0.25) is 0 Å². The molecule has 1 atom stereocenters. The molecule has 0 heterocycles. The lowest BCUT2D eigenvalue weighted by atomic mass is 10.2. The van der Waals surface area contributed by atoms with Gasteiger partial charge in [0, 0.05) is 11.8 Å². The Hall–Kier alpha value is -2.38. The minimum absolute atomic E-state index is 0.120. The fourth-order valence-electron chi connectivity index (χ4n) is 2.02. The molecule has 0 aliphatic heterocycles. The predicted molar refractivity (Wildman–Crippen MR) is 92.6 cm³/mol. The molecule has 128 valence electrons. The number of nitrogens with one attached hydrogen (secondary N) is 2. The molecular formula is C17H20N2O4S. The lowest BCUT2D eigenvalue weighted by Crippen LogP contribution is -2.41. The van der Waals surface area contributed by atoms with Crippen molar-refractivity contribution in [3.8, 4) is 5.75 Å². The normalized spacial score (nSPS) is 12.5. The predicted octanol–water partition coefficient (Wildman–Crippen LogP) is 2.31. The van der Waals surface area contributed by atoms with E-state index in [0.29, 0.717) is 11.4 Å². The monoisotopic (exact) mass is 348 g/mol. The van der Waals surface area contributed by atoms with Crippen LogP contribution in [-0.2, 0) is 14.8 Å². The number of amides is 1. The van der Waals surface area contributed by atoms with Crippen molar-refractivity contribution in [2.45, 2.75) is 24.8 Å². The third kappa shape index (κ3) is 4.56. The molecule has 24 heavy (non-hydrogen) atoms. The van der Waals surface area contributed by atoms with Gasteiger partial charge in [-0.2, -0.15) is 4.72 Å². The van der Waals surface area contributed by atoms with E-state index in [9.17, 15) is 13.2 Å². The molecule has 0 aromatic heterocycles. The molecule has 0 saturated carbocycles. The SMILES string of the molecule is COc1cccc(NC(=O)[C@@H](C)NS(=O)(=O)c2ccc(C)cc2)c1. The van der Waals surface area contributed by atoms with Gasteiger partial charge in [-0.05, 0) is 38.1 Å². The molecular weight excluding hydrogens is 328 g/mol. The van der Waals surface area contributed by atoms with Crippen LogP contribution in [-0.4, -0.2) is 27.5 Å². The maximum atomic E-state index is 12.3. The van der Waals surface area contributed by atoms with Crippen LogP contribution in [0.15, 0.2) is 53.4 Å². The van der Waals surface area contributed by atoms with Crippen LogP contribution in [0.1, 0.15) is 12.5 Å².